The van der Waals surface area contributed by atoms with Crippen LogP contribution in [0.2, 0.25) is 0 Å². The van der Waals surface area contributed by atoms with Crippen molar-refractivity contribution in [1.82, 2.24) is 4.90 Å². The largest absolute Gasteiger partial charge is 0.371 e. The van der Waals surface area contributed by atoms with Crippen LogP contribution in [0.3, 0.4) is 0 Å². The lowest BCUT2D eigenvalue weighted by molar-refractivity contribution is -0.0747. The summed E-state index contributed by atoms with van der Waals surface area (Å²) in [7, 11) is 0. The van der Waals surface area contributed by atoms with Crippen molar-refractivity contribution in [3.8, 4) is 0 Å². The van der Waals surface area contributed by atoms with Crippen molar-refractivity contribution >= 4 is 0 Å². The molecule has 0 amide bonds. The van der Waals surface area contributed by atoms with Gasteiger partial charge in [-0.05, 0) is 13.0 Å². The number of hydrogen-bond acceptors (Lipinski definition) is 3. The second-order valence-corrected chi connectivity index (χ2v) is 4.73. The van der Waals surface area contributed by atoms with Gasteiger partial charge >= 0.3 is 0 Å². The molecular weight excluding hydrogens is 238 g/mol. The van der Waals surface area contributed by atoms with Crippen LogP contribution >= 0.6 is 0 Å². The summed E-state index contributed by atoms with van der Waals surface area (Å²) < 4.78 is 32.0. The third-order valence-corrected chi connectivity index (χ3v) is 3.07. The van der Waals surface area contributed by atoms with Crippen molar-refractivity contribution in [1.29, 1.82) is 0 Å². The molecule has 0 radical (unpaired) electrons. The van der Waals surface area contributed by atoms with Crippen molar-refractivity contribution in [2.45, 2.75) is 25.7 Å². The lowest BCUT2D eigenvalue weighted by Gasteiger charge is -2.36. The Hall–Kier alpha value is -1.04. The highest BCUT2D eigenvalue weighted by atomic mass is 19.1. The van der Waals surface area contributed by atoms with Crippen LogP contribution in [0.5, 0.6) is 0 Å². The fourth-order valence-corrected chi connectivity index (χ4v) is 2.29. The number of ether oxygens (including phenoxy) is 1. The molecule has 0 bridgehead atoms. The van der Waals surface area contributed by atoms with E-state index in [2.05, 4.69) is 4.90 Å². The number of morpholine rings is 1. The number of hydrogen-bond donors (Lipinski definition) is 1. The number of halogens is 2. The van der Waals surface area contributed by atoms with Crippen LogP contribution < -0.4 is 5.73 Å². The lowest BCUT2D eigenvalue weighted by atomic mass is 10.1. The van der Waals surface area contributed by atoms with Gasteiger partial charge in [-0.2, -0.15) is 0 Å². The van der Waals surface area contributed by atoms with Gasteiger partial charge < -0.3 is 10.5 Å². The van der Waals surface area contributed by atoms with E-state index in [0.717, 1.165) is 12.6 Å². The Kier molecular flexibility index (Phi) is 4.27. The van der Waals surface area contributed by atoms with Crippen LogP contribution in [0, 0.1) is 11.6 Å². The summed E-state index contributed by atoms with van der Waals surface area (Å²) in [6.45, 7) is 4.28. The molecule has 0 saturated carbocycles. The standard InChI is InChI=1S/C13H18F2N2O/c1-9-6-17(8-12(5-16)18-9)7-10-2-3-11(14)4-13(10)15/h2-4,9,12H,5-8,16H2,1H3. The van der Waals surface area contributed by atoms with Gasteiger partial charge in [-0.3, -0.25) is 4.90 Å². The Balaban J connectivity index is 2.04. The summed E-state index contributed by atoms with van der Waals surface area (Å²) in [4.78, 5) is 2.09. The Bertz CT molecular complexity index is 414. The number of benzene rings is 1. The van der Waals surface area contributed by atoms with E-state index in [0.29, 0.717) is 25.2 Å². The van der Waals surface area contributed by atoms with E-state index < -0.39 is 11.6 Å². The lowest BCUT2D eigenvalue weighted by Crippen LogP contribution is -2.48. The van der Waals surface area contributed by atoms with Gasteiger partial charge in [0.15, 0.2) is 0 Å². The molecule has 1 saturated heterocycles. The molecule has 2 rings (SSSR count). The van der Waals surface area contributed by atoms with Crippen molar-refractivity contribution in [2.24, 2.45) is 5.73 Å². The summed E-state index contributed by atoms with van der Waals surface area (Å²) in [6.07, 6.45) is 0.0630. The second kappa shape index (κ2) is 5.73. The zero-order chi connectivity index (χ0) is 13.1. The quantitative estimate of drug-likeness (QED) is 0.891. The zero-order valence-electron chi connectivity index (χ0n) is 10.4. The first-order valence-electron chi connectivity index (χ1n) is 6.10. The molecule has 1 aromatic carbocycles. The monoisotopic (exact) mass is 256 g/mol. The van der Waals surface area contributed by atoms with Crippen LogP contribution in [0.15, 0.2) is 18.2 Å². The van der Waals surface area contributed by atoms with Crippen LogP contribution in [0.1, 0.15) is 12.5 Å². The van der Waals surface area contributed by atoms with Gasteiger partial charge in [0.25, 0.3) is 0 Å². The first-order chi connectivity index (χ1) is 8.58. The maximum absolute atomic E-state index is 13.6. The van der Waals surface area contributed by atoms with Gasteiger partial charge in [-0.1, -0.05) is 6.07 Å². The fraction of sp³-hybridized carbons (Fsp3) is 0.538. The minimum absolute atomic E-state index is 0.0164. The molecule has 1 heterocycles. The van der Waals surface area contributed by atoms with E-state index in [-0.39, 0.29) is 12.2 Å². The molecule has 2 N–H and O–H groups in total. The van der Waals surface area contributed by atoms with Crippen molar-refractivity contribution < 1.29 is 13.5 Å². The van der Waals surface area contributed by atoms with Crippen LogP contribution in [0.4, 0.5) is 8.78 Å². The van der Waals surface area contributed by atoms with E-state index in [1.807, 2.05) is 6.92 Å². The maximum Gasteiger partial charge on any atom is 0.130 e. The molecule has 100 valence electrons. The molecule has 2 atom stereocenters. The van der Waals surface area contributed by atoms with Gasteiger partial charge in [-0.25, -0.2) is 8.78 Å². The Morgan fingerprint density at radius 1 is 1.39 bits per heavy atom. The zero-order valence-corrected chi connectivity index (χ0v) is 10.4. The summed E-state index contributed by atoms with van der Waals surface area (Å²) in [5, 5.41) is 0. The second-order valence-electron chi connectivity index (χ2n) is 4.73. The van der Waals surface area contributed by atoms with Gasteiger partial charge in [0.2, 0.25) is 0 Å². The SMILES string of the molecule is CC1CN(Cc2ccc(F)cc2F)CC(CN)O1. The smallest absolute Gasteiger partial charge is 0.130 e. The highest BCUT2D eigenvalue weighted by molar-refractivity contribution is 5.18. The molecular formula is C13H18F2N2O. The van der Waals surface area contributed by atoms with E-state index in [4.69, 9.17) is 10.5 Å². The predicted molar refractivity (Wildman–Crippen MR) is 65.0 cm³/mol. The predicted octanol–water partition coefficient (Wildman–Crippen LogP) is 1.51. The molecule has 0 aromatic heterocycles. The van der Waals surface area contributed by atoms with Gasteiger partial charge in [0, 0.05) is 37.8 Å². The van der Waals surface area contributed by atoms with E-state index >= 15 is 0 Å². The molecule has 0 spiro atoms. The summed E-state index contributed by atoms with van der Waals surface area (Å²) >= 11 is 0. The highest BCUT2D eigenvalue weighted by Gasteiger charge is 2.24. The van der Waals surface area contributed by atoms with Crippen LogP contribution in [-0.4, -0.2) is 36.7 Å². The van der Waals surface area contributed by atoms with E-state index in [1.54, 1.807) is 0 Å². The normalized spacial score (nSPS) is 25.3. The minimum atomic E-state index is -0.550. The minimum Gasteiger partial charge on any atom is -0.371 e. The summed E-state index contributed by atoms with van der Waals surface area (Å²) in [6, 6.07) is 3.69. The van der Waals surface area contributed by atoms with Crippen molar-refractivity contribution in [3.05, 3.63) is 35.4 Å². The van der Waals surface area contributed by atoms with Crippen molar-refractivity contribution in [2.75, 3.05) is 19.6 Å². The molecule has 3 nitrogen and oxygen atoms in total. The van der Waals surface area contributed by atoms with Crippen LogP contribution in [-0.2, 0) is 11.3 Å². The molecule has 1 aromatic rings. The molecule has 2 unspecified atom stereocenters. The van der Waals surface area contributed by atoms with Gasteiger partial charge in [0.1, 0.15) is 11.6 Å². The summed E-state index contributed by atoms with van der Waals surface area (Å²) in [5.41, 5.74) is 6.10. The maximum atomic E-state index is 13.6. The molecule has 1 aliphatic rings. The topological polar surface area (TPSA) is 38.5 Å². The summed E-state index contributed by atoms with van der Waals surface area (Å²) in [5.74, 6) is -1.05. The Morgan fingerprint density at radius 2 is 2.17 bits per heavy atom. The fourth-order valence-electron chi connectivity index (χ4n) is 2.29. The third-order valence-electron chi connectivity index (χ3n) is 3.07. The highest BCUT2D eigenvalue weighted by Crippen LogP contribution is 2.16. The molecule has 1 fully saturated rings. The number of nitrogens with two attached hydrogens (primary N) is 1. The molecule has 0 aliphatic carbocycles. The number of nitrogens with zero attached hydrogens (tertiary/aromatic N) is 1. The Labute approximate surface area is 106 Å². The Morgan fingerprint density at radius 3 is 2.83 bits per heavy atom. The van der Waals surface area contributed by atoms with Gasteiger partial charge in [0.05, 0.1) is 12.2 Å². The third kappa shape index (κ3) is 3.25. The first kappa shape index (κ1) is 13.4. The number of rotatable bonds is 3. The van der Waals surface area contributed by atoms with E-state index in [9.17, 15) is 8.78 Å². The first-order valence-corrected chi connectivity index (χ1v) is 6.10. The van der Waals surface area contributed by atoms with Gasteiger partial charge in [-0.15, -0.1) is 0 Å². The molecule has 5 heteroatoms. The average molecular weight is 256 g/mol. The van der Waals surface area contributed by atoms with E-state index in [1.165, 1.54) is 12.1 Å². The van der Waals surface area contributed by atoms with Crippen LogP contribution in [0.25, 0.3) is 0 Å². The molecule has 1 aliphatic heterocycles. The average Bonchev–Trinajstić information content (AvgIpc) is 2.32. The molecule has 18 heavy (non-hydrogen) atoms. The van der Waals surface area contributed by atoms with Crippen molar-refractivity contribution in [3.63, 3.8) is 0 Å².